The van der Waals surface area contributed by atoms with Gasteiger partial charge in [0.2, 0.25) is 11.5 Å². The summed E-state index contributed by atoms with van der Waals surface area (Å²) in [4.78, 5) is 16.9. The molecule has 2 aromatic rings. The van der Waals surface area contributed by atoms with Crippen molar-refractivity contribution >= 4 is 34.2 Å². The molecule has 0 atom stereocenters. The highest BCUT2D eigenvalue weighted by atomic mass is 16.5. The summed E-state index contributed by atoms with van der Waals surface area (Å²) in [7, 11) is 1.32. The number of anilines is 3. The van der Waals surface area contributed by atoms with Gasteiger partial charge in [-0.3, -0.25) is 4.79 Å². The molecule has 6 N–H and O–H groups in total. The molecule has 132 valence electrons. The molecular formula is C19H18N4O3. The monoisotopic (exact) mass is 350 g/mol. The Hall–Kier alpha value is -3.74. The van der Waals surface area contributed by atoms with E-state index < -0.39 is 5.78 Å². The van der Waals surface area contributed by atoms with Gasteiger partial charge in [0.1, 0.15) is 5.71 Å². The Bertz CT molecular complexity index is 926. The van der Waals surface area contributed by atoms with Crippen LogP contribution < -0.4 is 16.8 Å². The fourth-order valence-electron chi connectivity index (χ4n) is 2.39. The SMILES string of the molecule is COC1=C(O)/C(=N\c2ccc(N)cc2)C=C(Nc2ccc(N)cc2)C1=O. The van der Waals surface area contributed by atoms with E-state index in [2.05, 4.69) is 10.3 Å². The van der Waals surface area contributed by atoms with Crippen molar-refractivity contribution in [2.75, 3.05) is 23.9 Å². The number of carbonyl (C=O) groups is 1. The number of nitrogens with zero attached hydrogens (tertiary/aromatic N) is 1. The Balaban J connectivity index is 1.99. The lowest BCUT2D eigenvalue weighted by atomic mass is 10.0. The van der Waals surface area contributed by atoms with Crippen LogP contribution in [0.5, 0.6) is 0 Å². The lowest BCUT2D eigenvalue weighted by molar-refractivity contribution is -0.115. The number of aliphatic hydroxyl groups is 1. The summed E-state index contributed by atoms with van der Waals surface area (Å²) in [5.74, 6) is -0.977. The first-order valence-corrected chi connectivity index (χ1v) is 7.78. The number of nitrogens with one attached hydrogen (secondary N) is 1. The van der Waals surface area contributed by atoms with Gasteiger partial charge in [-0.1, -0.05) is 0 Å². The number of benzene rings is 2. The van der Waals surface area contributed by atoms with Crippen molar-refractivity contribution in [1.82, 2.24) is 0 Å². The first-order chi connectivity index (χ1) is 12.5. The van der Waals surface area contributed by atoms with Crippen molar-refractivity contribution in [3.05, 3.63) is 71.8 Å². The molecule has 0 aliphatic heterocycles. The molecule has 0 radical (unpaired) electrons. The van der Waals surface area contributed by atoms with Gasteiger partial charge in [-0.05, 0) is 54.6 Å². The number of aliphatic hydroxyl groups excluding tert-OH is 1. The van der Waals surface area contributed by atoms with E-state index >= 15 is 0 Å². The van der Waals surface area contributed by atoms with Crippen LogP contribution in [0.25, 0.3) is 0 Å². The van der Waals surface area contributed by atoms with E-state index in [4.69, 9.17) is 16.2 Å². The van der Waals surface area contributed by atoms with Gasteiger partial charge in [0.25, 0.3) is 0 Å². The molecule has 0 unspecified atom stereocenters. The zero-order chi connectivity index (χ0) is 18.7. The highest BCUT2D eigenvalue weighted by molar-refractivity contribution is 6.24. The van der Waals surface area contributed by atoms with Crippen LogP contribution >= 0.6 is 0 Å². The second-order valence-electron chi connectivity index (χ2n) is 5.60. The lowest BCUT2D eigenvalue weighted by Gasteiger charge is -2.18. The normalized spacial score (nSPS) is 15.8. The Morgan fingerprint density at radius 1 is 1.00 bits per heavy atom. The van der Waals surface area contributed by atoms with E-state index in [1.165, 1.54) is 13.2 Å². The Morgan fingerprint density at radius 3 is 2.15 bits per heavy atom. The van der Waals surface area contributed by atoms with E-state index in [9.17, 15) is 9.90 Å². The first kappa shape index (κ1) is 17.1. The highest BCUT2D eigenvalue weighted by Crippen LogP contribution is 2.24. The Morgan fingerprint density at radius 2 is 1.58 bits per heavy atom. The van der Waals surface area contributed by atoms with Gasteiger partial charge in [0.05, 0.1) is 18.5 Å². The molecule has 0 saturated heterocycles. The van der Waals surface area contributed by atoms with Crippen LogP contribution in [0.3, 0.4) is 0 Å². The molecule has 0 amide bonds. The molecule has 1 aliphatic carbocycles. The lowest BCUT2D eigenvalue weighted by Crippen LogP contribution is -2.24. The molecule has 1 aliphatic rings. The summed E-state index contributed by atoms with van der Waals surface area (Å²) < 4.78 is 5.07. The third-order valence-corrected chi connectivity index (χ3v) is 3.73. The minimum atomic E-state index is -0.474. The summed E-state index contributed by atoms with van der Waals surface area (Å²) in [6.07, 6.45) is 1.47. The second kappa shape index (κ2) is 7.02. The Labute approximate surface area is 150 Å². The van der Waals surface area contributed by atoms with Gasteiger partial charge in [-0.15, -0.1) is 0 Å². The molecule has 0 aromatic heterocycles. The molecule has 2 aromatic carbocycles. The zero-order valence-electron chi connectivity index (χ0n) is 14.1. The van der Waals surface area contributed by atoms with E-state index in [-0.39, 0.29) is 22.9 Å². The van der Waals surface area contributed by atoms with Crippen LogP contribution in [0.2, 0.25) is 0 Å². The number of aliphatic imine (C=N–C) groups is 1. The number of rotatable bonds is 4. The molecule has 0 saturated carbocycles. The van der Waals surface area contributed by atoms with Gasteiger partial charge < -0.3 is 26.6 Å². The number of hydrogen-bond donors (Lipinski definition) is 4. The number of nitrogens with two attached hydrogens (primary N) is 2. The van der Waals surface area contributed by atoms with Crippen molar-refractivity contribution in [3.8, 4) is 0 Å². The third-order valence-electron chi connectivity index (χ3n) is 3.73. The molecule has 0 bridgehead atoms. The van der Waals surface area contributed by atoms with Gasteiger partial charge in [-0.2, -0.15) is 0 Å². The summed E-state index contributed by atoms with van der Waals surface area (Å²) in [6.45, 7) is 0. The van der Waals surface area contributed by atoms with Gasteiger partial charge in [0, 0.05) is 17.1 Å². The second-order valence-corrected chi connectivity index (χ2v) is 5.60. The van der Waals surface area contributed by atoms with Gasteiger partial charge in [0.15, 0.2) is 5.76 Å². The smallest absolute Gasteiger partial charge is 0.247 e. The summed E-state index contributed by atoms with van der Waals surface area (Å²) in [5, 5.41) is 13.3. The standard InChI is InChI=1S/C19H18N4O3/c1-26-19-17(24)15(22-13-6-2-11(20)3-7-13)10-16(18(19)25)23-14-8-4-12(21)5-9-14/h2-10,22,25H,20-21H2,1H3/b23-16-. The maximum Gasteiger partial charge on any atom is 0.247 e. The third kappa shape index (κ3) is 3.51. The maximum absolute atomic E-state index is 12.5. The maximum atomic E-state index is 12.5. The number of methoxy groups -OCH3 is 1. The average Bonchev–Trinajstić information content (AvgIpc) is 2.63. The van der Waals surface area contributed by atoms with Crippen LogP contribution in [0.4, 0.5) is 22.7 Å². The number of allylic oxidation sites excluding steroid dienone is 1. The number of nitrogen functional groups attached to an aromatic ring is 2. The fraction of sp³-hybridized carbons (Fsp3) is 0.0526. The molecule has 0 fully saturated rings. The zero-order valence-corrected chi connectivity index (χ0v) is 14.1. The van der Waals surface area contributed by atoms with E-state index in [1.807, 2.05) is 0 Å². The highest BCUT2D eigenvalue weighted by Gasteiger charge is 2.28. The quantitative estimate of drug-likeness (QED) is 0.497. The first-order valence-electron chi connectivity index (χ1n) is 7.78. The van der Waals surface area contributed by atoms with Crippen molar-refractivity contribution in [2.45, 2.75) is 0 Å². The van der Waals surface area contributed by atoms with Crippen LogP contribution in [0, 0.1) is 0 Å². The molecule has 7 nitrogen and oxygen atoms in total. The predicted octanol–water partition coefficient (Wildman–Crippen LogP) is 2.92. The van der Waals surface area contributed by atoms with E-state index in [0.717, 1.165) is 0 Å². The number of ketones is 1. The van der Waals surface area contributed by atoms with Crippen LogP contribution in [0.1, 0.15) is 0 Å². The van der Waals surface area contributed by atoms with Crippen LogP contribution in [-0.4, -0.2) is 23.7 Å². The molecule has 3 rings (SSSR count). The van der Waals surface area contributed by atoms with Crippen molar-refractivity contribution in [2.24, 2.45) is 4.99 Å². The van der Waals surface area contributed by atoms with Crippen molar-refractivity contribution < 1.29 is 14.6 Å². The number of carbonyl (C=O) groups excluding carboxylic acids is 1. The number of Topliss-reactive ketones (excluding diaryl/α,β-unsaturated/α-hetero) is 1. The summed E-state index contributed by atoms with van der Waals surface area (Å²) in [6, 6.07) is 13.7. The van der Waals surface area contributed by atoms with Gasteiger partial charge >= 0.3 is 0 Å². The topological polar surface area (TPSA) is 123 Å². The van der Waals surface area contributed by atoms with Crippen LogP contribution in [0.15, 0.2) is 76.8 Å². The molecule has 7 heteroatoms. The molecule has 0 spiro atoms. The summed E-state index contributed by atoms with van der Waals surface area (Å²) in [5.41, 5.74) is 14.2. The predicted molar refractivity (Wildman–Crippen MR) is 102 cm³/mol. The van der Waals surface area contributed by atoms with Crippen LogP contribution in [-0.2, 0) is 9.53 Å². The Kier molecular flexibility index (Phi) is 4.62. The molecule has 26 heavy (non-hydrogen) atoms. The average molecular weight is 350 g/mol. The van der Waals surface area contributed by atoms with E-state index in [1.54, 1.807) is 48.5 Å². The van der Waals surface area contributed by atoms with Crippen molar-refractivity contribution in [1.29, 1.82) is 0 Å². The number of hydrogen-bond acceptors (Lipinski definition) is 7. The van der Waals surface area contributed by atoms with E-state index in [0.29, 0.717) is 22.7 Å². The minimum absolute atomic E-state index is 0.181. The minimum Gasteiger partial charge on any atom is -0.503 e. The fourth-order valence-corrected chi connectivity index (χ4v) is 2.39. The van der Waals surface area contributed by atoms with Crippen molar-refractivity contribution in [3.63, 3.8) is 0 Å². The molecular weight excluding hydrogens is 332 g/mol. The largest absolute Gasteiger partial charge is 0.503 e. The molecule has 0 heterocycles. The number of ether oxygens (including phenoxy) is 1. The summed E-state index contributed by atoms with van der Waals surface area (Å²) >= 11 is 0. The van der Waals surface area contributed by atoms with Gasteiger partial charge in [-0.25, -0.2) is 4.99 Å².